The van der Waals surface area contributed by atoms with Crippen LogP contribution in [0.25, 0.3) is 0 Å². The maximum Gasteiger partial charge on any atom is 0.252 e. The van der Waals surface area contributed by atoms with Crippen molar-refractivity contribution >= 4 is 60.5 Å². The molecule has 0 N–H and O–H groups in total. The fraction of sp³-hybridized carbons (Fsp3) is 0.167. The molecule has 0 saturated carbocycles. The van der Waals surface area contributed by atoms with Crippen LogP contribution in [0.2, 0.25) is 10.0 Å². The quantitative estimate of drug-likeness (QED) is 0.730. The molecule has 0 spiro atoms. The van der Waals surface area contributed by atoms with E-state index in [-0.39, 0.29) is 6.54 Å². The van der Waals surface area contributed by atoms with E-state index in [1.807, 2.05) is 0 Å². The lowest BCUT2D eigenvalue weighted by molar-refractivity contribution is 0.468. The predicted octanol–water partition coefficient (Wildman–Crippen LogP) is 4.64. The van der Waals surface area contributed by atoms with Gasteiger partial charge in [-0.25, -0.2) is 8.42 Å². The second-order valence-electron chi connectivity index (χ2n) is 4.10. The van der Waals surface area contributed by atoms with Crippen LogP contribution >= 0.6 is 50.5 Å². The minimum atomic E-state index is -3.51. The highest BCUT2D eigenvalue weighted by Crippen LogP contribution is 2.29. The highest BCUT2D eigenvalue weighted by atomic mass is 79.9. The third kappa shape index (κ3) is 3.75. The van der Waals surface area contributed by atoms with Crippen molar-refractivity contribution in [3.05, 3.63) is 49.7 Å². The molecule has 20 heavy (non-hydrogen) atoms. The Morgan fingerprint density at radius 1 is 1.20 bits per heavy atom. The van der Waals surface area contributed by atoms with Gasteiger partial charge in [-0.2, -0.15) is 4.31 Å². The third-order valence-corrected chi connectivity index (χ3v) is 6.87. The summed E-state index contributed by atoms with van der Waals surface area (Å²) in [5.74, 6) is 0. The van der Waals surface area contributed by atoms with Crippen molar-refractivity contribution in [2.45, 2.75) is 10.8 Å². The molecule has 0 atom stereocenters. The van der Waals surface area contributed by atoms with Crippen LogP contribution in [-0.2, 0) is 16.6 Å². The zero-order chi connectivity index (χ0) is 14.9. The Morgan fingerprint density at radius 3 is 2.30 bits per heavy atom. The molecule has 0 amide bonds. The van der Waals surface area contributed by atoms with Gasteiger partial charge >= 0.3 is 0 Å². The number of hydrogen-bond acceptors (Lipinski definition) is 3. The first-order chi connectivity index (χ1) is 9.29. The summed E-state index contributed by atoms with van der Waals surface area (Å²) >= 11 is 16.3. The van der Waals surface area contributed by atoms with Gasteiger partial charge in [-0.05, 0) is 51.8 Å². The fourth-order valence-electron chi connectivity index (χ4n) is 1.63. The van der Waals surface area contributed by atoms with E-state index in [2.05, 4.69) is 15.9 Å². The van der Waals surface area contributed by atoms with Gasteiger partial charge in [-0.1, -0.05) is 23.2 Å². The summed E-state index contributed by atoms with van der Waals surface area (Å²) in [6.45, 7) is 0.206. The first kappa shape index (κ1) is 16.3. The molecule has 1 heterocycles. The molecule has 3 nitrogen and oxygen atoms in total. The molecule has 0 aliphatic heterocycles. The average molecular weight is 415 g/mol. The molecule has 108 valence electrons. The monoisotopic (exact) mass is 413 g/mol. The average Bonchev–Trinajstić information content (AvgIpc) is 2.75. The zero-order valence-corrected chi connectivity index (χ0v) is 15.0. The molecule has 0 unspecified atom stereocenters. The highest BCUT2D eigenvalue weighted by Gasteiger charge is 2.22. The van der Waals surface area contributed by atoms with Crippen LogP contribution in [0.1, 0.15) is 5.56 Å². The molecule has 0 aliphatic carbocycles. The van der Waals surface area contributed by atoms with Gasteiger partial charge < -0.3 is 0 Å². The van der Waals surface area contributed by atoms with Crippen molar-refractivity contribution in [1.82, 2.24) is 4.31 Å². The molecule has 0 saturated heterocycles. The van der Waals surface area contributed by atoms with E-state index in [9.17, 15) is 8.42 Å². The number of thiophene rings is 1. The van der Waals surface area contributed by atoms with Crippen molar-refractivity contribution in [1.29, 1.82) is 0 Å². The van der Waals surface area contributed by atoms with E-state index in [1.54, 1.807) is 30.3 Å². The maximum atomic E-state index is 12.4. The van der Waals surface area contributed by atoms with Gasteiger partial charge in [0.2, 0.25) is 0 Å². The smallest absolute Gasteiger partial charge is 0.206 e. The van der Waals surface area contributed by atoms with Crippen molar-refractivity contribution in [3.8, 4) is 0 Å². The summed E-state index contributed by atoms with van der Waals surface area (Å²) in [6, 6.07) is 8.29. The van der Waals surface area contributed by atoms with Gasteiger partial charge in [0.25, 0.3) is 10.0 Å². The largest absolute Gasteiger partial charge is 0.252 e. The fourth-order valence-corrected chi connectivity index (χ4v) is 5.59. The molecule has 0 fully saturated rings. The zero-order valence-electron chi connectivity index (χ0n) is 10.3. The number of hydrogen-bond donors (Lipinski definition) is 0. The molecular weight excluding hydrogens is 405 g/mol. The number of sulfonamides is 1. The Morgan fingerprint density at radius 2 is 1.80 bits per heavy atom. The van der Waals surface area contributed by atoms with Gasteiger partial charge in [0, 0.05) is 23.6 Å². The Labute approximate surface area is 140 Å². The Kier molecular flexibility index (Phi) is 5.15. The van der Waals surface area contributed by atoms with E-state index in [0.717, 1.165) is 9.35 Å². The van der Waals surface area contributed by atoms with Crippen molar-refractivity contribution in [2.75, 3.05) is 7.05 Å². The molecule has 1 aromatic carbocycles. The van der Waals surface area contributed by atoms with E-state index < -0.39 is 10.0 Å². The SMILES string of the molecule is CN(Cc1cc(Cl)cc(Cl)c1)S(=O)(=O)c1ccc(Br)s1. The molecule has 8 heteroatoms. The number of benzene rings is 1. The van der Waals surface area contributed by atoms with E-state index in [1.165, 1.54) is 22.7 Å². The van der Waals surface area contributed by atoms with Gasteiger partial charge in [-0.15, -0.1) is 11.3 Å². The molecule has 2 rings (SSSR count). The van der Waals surface area contributed by atoms with Crippen LogP contribution in [0.15, 0.2) is 38.3 Å². The first-order valence-corrected chi connectivity index (χ1v) is 9.26. The Bertz CT molecular complexity index is 711. The topological polar surface area (TPSA) is 37.4 Å². The normalized spacial score (nSPS) is 12.1. The Balaban J connectivity index is 2.25. The molecule has 0 radical (unpaired) electrons. The lowest BCUT2D eigenvalue weighted by Crippen LogP contribution is -2.25. The van der Waals surface area contributed by atoms with Gasteiger partial charge in [0.15, 0.2) is 0 Å². The molecule has 0 bridgehead atoms. The van der Waals surface area contributed by atoms with Crippen LogP contribution in [-0.4, -0.2) is 19.8 Å². The van der Waals surface area contributed by atoms with Crippen LogP contribution in [0, 0.1) is 0 Å². The maximum absolute atomic E-state index is 12.4. The van der Waals surface area contributed by atoms with Crippen molar-refractivity contribution in [3.63, 3.8) is 0 Å². The summed E-state index contributed by atoms with van der Waals surface area (Å²) < 4.78 is 27.1. The first-order valence-electron chi connectivity index (χ1n) is 5.45. The van der Waals surface area contributed by atoms with E-state index in [4.69, 9.17) is 23.2 Å². The lowest BCUT2D eigenvalue weighted by atomic mass is 10.2. The van der Waals surface area contributed by atoms with Crippen LogP contribution in [0.4, 0.5) is 0 Å². The second-order valence-corrected chi connectivity index (χ2v) is 9.70. The van der Waals surface area contributed by atoms with Crippen molar-refractivity contribution in [2.24, 2.45) is 0 Å². The minimum Gasteiger partial charge on any atom is -0.206 e. The van der Waals surface area contributed by atoms with Crippen LogP contribution in [0.5, 0.6) is 0 Å². The number of rotatable bonds is 4. The summed E-state index contributed by atoms with van der Waals surface area (Å²) in [7, 11) is -1.98. The number of halogens is 3. The minimum absolute atomic E-state index is 0.206. The van der Waals surface area contributed by atoms with Crippen LogP contribution in [0.3, 0.4) is 0 Å². The summed E-state index contributed by atoms with van der Waals surface area (Å²) in [5, 5.41) is 0.967. The molecule has 1 aromatic heterocycles. The van der Waals surface area contributed by atoms with Gasteiger partial charge in [0.1, 0.15) is 4.21 Å². The highest BCUT2D eigenvalue weighted by molar-refractivity contribution is 9.11. The lowest BCUT2D eigenvalue weighted by Gasteiger charge is -2.16. The summed E-state index contributed by atoms with van der Waals surface area (Å²) in [4.78, 5) is 0. The van der Waals surface area contributed by atoms with E-state index >= 15 is 0 Å². The van der Waals surface area contributed by atoms with E-state index in [0.29, 0.717) is 14.3 Å². The summed E-state index contributed by atoms with van der Waals surface area (Å²) in [6.07, 6.45) is 0. The predicted molar refractivity (Wildman–Crippen MR) is 87.1 cm³/mol. The summed E-state index contributed by atoms with van der Waals surface area (Å²) in [5.41, 5.74) is 0.740. The molecule has 2 aromatic rings. The molecule has 0 aliphatic rings. The molecular formula is C12H10BrCl2NO2S2. The van der Waals surface area contributed by atoms with Gasteiger partial charge in [0.05, 0.1) is 3.79 Å². The standard InChI is InChI=1S/C12H10BrCl2NO2S2/c1-16(7-8-4-9(14)6-10(15)5-8)20(17,18)12-3-2-11(13)19-12/h2-6H,7H2,1H3. The third-order valence-electron chi connectivity index (χ3n) is 2.54. The Hall–Kier alpha value is -0.110. The van der Waals surface area contributed by atoms with Crippen LogP contribution < -0.4 is 0 Å². The van der Waals surface area contributed by atoms with Crippen molar-refractivity contribution < 1.29 is 8.42 Å². The number of nitrogens with zero attached hydrogens (tertiary/aromatic N) is 1. The second kappa shape index (κ2) is 6.34. The van der Waals surface area contributed by atoms with Gasteiger partial charge in [-0.3, -0.25) is 0 Å².